The molecule has 1 spiro atoms. The molecule has 0 radical (unpaired) electrons. The molecule has 2 fully saturated rings. The summed E-state index contributed by atoms with van der Waals surface area (Å²) >= 11 is 0. The summed E-state index contributed by atoms with van der Waals surface area (Å²) in [6, 6.07) is 3.65. The lowest BCUT2D eigenvalue weighted by atomic mass is 9.76. The van der Waals surface area contributed by atoms with E-state index < -0.39 is 5.54 Å². The number of amides is 3. The van der Waals surface area contributed by atoms with Gasteiger partial charge in [0.1, 0.15) is 5.54 Å². The van der Waals surface area contributed by atoms with Crippen molar-refractivity contribution in [3.8, 4) is 0 Å². The number of imide groups is 1. The summed E-state index contributed by atoms with van der Waals surface area (Å²) in [6.45, 7) is 2.78. The monoisotopic (exact) mass is 287 g/mol. The summed E-state index contributed by atoms with van der Waals surface area (Å²) in [6.07, 6.45) is 7.84. The first-order valence-corrected chi connectivity index (χ1v) is 7.64. The first-order valence-electron chi connectivity index (χ1n) is 7.64. The molecular weight excluding hydrogens is 266 g/mol. The molecule has 1 saturated carbocycles. The Bertz CT molecular complexity index is 536. The molecule has 1 aliphatic heterocycles. The van der Waals surface area contributed by atoms with Gasteiger partial charge in [-0.2, -0.15) is 0 Å². The third-order valence-corrected chi connectivity index (χ3v) is 4.85. The zero-order chi connectivity index (χ0) is 14.9. The van der Waals surface area contributed by atoms with Gasteiger partial charge in [0, 0.05) is 18.9 Å². The van der Waals surface area contributed by atoms with E-state index >= 15 is 0 Å². The van der Waals surface area contributed by atoms with Crippen LogP contribution in [0.2, 0.25) is 0 Å². The molecule has 0 atom stereocenters. The molecule has 3 amide bonds. The molecule has 1 N–H and O–H groups in total. The first kappa shape index (κ1) is 14.0. The summed E-state index contributed by atoms with van der Waals surface area (Å²) in [4.78, 5) is 30.3. The minimum Gasteiger partial charge on any atom is -0.309 e. The molecule has 5 nitrogen and oxygen atoms in total. The van der Waals surface area contributed by atoms with Crippen LogP contribution in [-0.4, -0.2) is 33.9 Å². The van der Waals surface area contributed by atoms with Crippen molar-refractivity contribution in [2.45, 2.75) is 44.6 Å². The van der Waals surface area contributed by atoms with Crippen LogP contribution in [0.3, 0.4) is 0 Å². The molecule has 1 saturated heterocycles. The van der Waals surface area contributed by atoms with E-state index in [2.05, 4.69) is 17.2 Å². The Morgan fingerprint density at radius 3 is 2.81 bits per heavy atom. The van der Waals surface area contributed by atoms with Crippen molar-refractivity contribution in [1.29, 1.82) is 0 Å². The third kappa shape index (κ3) is 2.52. The van der Waals surface area contributed by atoms with Crippen LogP contribution in [0, 0.1) is 5.92 Å². The predicted octanol–water partition coefficient (Wildman–Crippen LogP) is 2.12. The van der Waals surface area contributed by atoms with Crippen LogP contribution in [0.15, 0.2) is 24.5 Å². The molecule has 1 aromatic heterocycles. The maximum Gasteiger partial charge on any atom is 0.325 e. The van der Waals surface area contributed by atoms with Gasteiger partial charge in [-0.25, -0.2) is 4.79 Å². The zero-order valence-corrected chi connectivity index (χ0v) is 12.3. The van der Waals surface area contributed by atoms with Crippen molar-refractivity contribution in [2.24, 2.45) is 5.92 Å². The number of hydrogen-bond acceptors (Lipinski definition) is 3. The van der Waals surface area contributed by atoms with E-state index in [9.17, 15) is 9.59 Å². The fourth-order valence-electron chi connectivity index (χ4n) is 3.44. The highest BCUT2D eigenvalue weighted by Gasteiger charge is 2.53. The number of nitrogens with zero attached hydrogens (tertiary/aromatic N) is 2. The summed E-state index contributed by atoms with van der Waals surface area (Å²) in [5.74, 6) is 0.532. The molecule has 1 aliphatic carbocycles. The van der Waals surface area contributed by atoms with Crippen molar-refractivity contribution < 1.29 is 9.59 Å². The van der Waals surface area contributed by atoms with E-state index in [1.807, 2.05) is 18.3 Å². The summed E-state index contributed by atoms with van der Waals surface area (Å²) in [7, 11) is 0. The van der Waals surface area contributed by atoms with Crippen LogP contribution in [0.25, 0.3) is 0 Å². The summed E-state index contributed by atoms with van der Waals surface area (Å²) < 4.78 is 0. The SMILES string of the molecule is CC1CCC2(CC1)C(=O)NC(=O)N2CCc1cccnc1. The van der Waals surface area contributed by atoms with Gasteiger partial charge >= 0.3 is 6.03 Å². The average Bonchev–Trinajstić information content (AvgIpc) is 2.72. The standard InChI is InChI=1S/C16H21N3O2/c1-12-4-7-16(8-5-12)14(20)18-15(21)19(16)10-6-13-3-2-9-17-11-13/h2-3,9,11-12H,4-8,10H2,1H3,(H,18,20,21). The van der Waals surface area contributed by atoms with E-state index in [0.29, 0.717) is 12.5 Å². The lowest BCUT2D eigenvalue weighted by Crippen LogP contribution is -2.52. The van der Waals surface area contributed by atoms with E-state index in [4.69, 9.17) is 0 Å². The van der Waals surface area contributed by atoms with Crippen molar-refractivity contribution in [3.05, 3.63) is 30.1 Å². The molecule has 0 bridgehead atoms. The molecule has 2 heterocycles. The van der Waals surface area contributed by atoms with Crippen molar-refractivity contribution in [1.82, 2.24) is 15.2 Å². The number of urea groups is 1. The van der Waals surface area contributed by atoms with Crippen LogP contribution < -0.4 is 5.32 Å². The van der Waals surface area contributed by atoms with Gasteiger partial charge in [-0.3, -0.25) is 15.1 Å². The topological polar surface area (TPSA) is 62.3 Å². The lowest BCUT2D eigenvalue weighted by molar-refractivity contribution is -0.128. The molecule has 0 unspecified atom stereocenters. The molecular formula is C16H21N3O2. The molecule has 5 heteroatoms. The Morgan fingerprint density at radius 2 is 2.14 bits per heavy atom. The maximum absolute atomic E-state index is 12.3. The number of pyridine rings is 1. The molecule has 1 aromatic rings. The molecule has 0 aromatic carbocycles. The predicted molar refractivity (Wildman–Crippen MR) is 78.5 cm³/mol. The van der Waals surface area contributed by atoms with Gasteiger partial charge in [0.2, 0.25) is 0 Å². The van der Waals surface area contributed by atoms with Crippen molar-refractivity contribution in [3.63, 3.8) is 0 Å². The first-order chi connectivity index (χ1) is 10.1. The van der Waals surface area contributed by atoms with Gasteiger partial charge in [0.15, 0.2) is 0 Å². The molecule has 21 heavy (non-hydrogen) atoms. The summed E-state index contributed by atoms with van der Waals surface area (Å²) in [5, 5.41) is 2.51. The second kappa shape index (κ2) is 5.47. The molecule has 3 rings (SSSR count). The van der Waals surface area contributed by atoms with Gasteiger partial charge < -0.3 is 4.90 Å². The van der Waals surface area contributed by atoms with Crippen LogP contribution in [0.4, 0.5) is 4.79 Å². The number of carbonyl (C=O) groups is 2. The Labute approximate surface area is 124 Å². The van der Waals surface area contributed by atoms with Crippen LogP contribution >= 0.6 is 0 Å². The quantitative estimate of drug-likeness (QED) is 0.866. The minimum atomic E-state index is -0.605. The number of carbonyl (C=O) groups excluding carboxylic acids is 2. The van der Waals surface area contributed by atoms with E-state index in [1.165, 1.54) is 0 Å². The van der Waals surface area contributed by atoms with Crippen molar-refractivity contribution >= 4 is 11.9 Å². The van der Waals surface area contributed by atoms with Crippen LogP contribution in [0.1, 0.15) is 38.2 Å². The van der Waals surface area contributed by atoms with Crippen LogP contribution in [-0.2, 0) is 11.2 Å². The smallest absolute Gasteiger partial charge is 0.309 e. The minimum absolute atomic E-state index is 0.106. The number of nitrogens with one attached hydrogen (secondary N) is 1. The van der Waals surface area contributed by atoms with E-state index in [0.717, 1.165) is 37.7 Å². The van der Waals surface area contributed by atoms with Gasteiger partial charge in [-0.1, -0.05) is 13.0 Å². The normalized spacial score (nSPS) is 29.0. The highest BCUT2D eigenvalue weighted by atomic mass is 16.2. The number of hydrogen-bond donors (Lipinski definition) is 1. The van der Waals surface area contributed by atoms with Gasteiger partial charge in [-0.05, 0) is 49.7 Å². The highest BCUT2D eigenvalue weighted by molar-refractivity contribution is 6.07. The Morgan fingerprint density at radius 1 is 1.38 bits per heavy atom. The highest BCUT2D eigenvalue weighted by Crippen LogP contribution is 2.39. The van der Waals surface area contributed by atoms with Gasteiger partial charge in [0.25, 0.3) is 5.91 Å². The third-order valence-electron chi connectivity index (χ3n) is 4.85. The van der Waals surface area contributed by atoms with E-state index in [1.54, 1.807) is 11.1 Å². The average molecular weight is 287 g/mol. The fraction of sp³-hybridized carbons (Fsp3) is 0.562. The van der Waals surface area contributed by atoms with E-state index in [-0.39, 0.29) is 11.9 Å². The van der Waals surface area contributed by atoms with Gasteiger partial charge in [0.05, 0.1) is 0 Å². The number of rotatable bonds is 3. The Hall–Kier alpha value is -1.91. The largest absolute Gasteiger partial charge is 0.325 e. The van der Waals surface area contributed by atoms with Gasteiger partial charge in [-0.15, -0.1) is 0 Å². The molecule has 112 valence electrons. The summed E-state index contributed by atoms with van der Waals surface area (Å²) in [5.41, 5.74) is 0.482. The lowest BCUT2D eigenvalue weighted by Gasteiger charge is -2.40. The second-order valence-electron chi connectivity index (χ2n) is 6.24. The zero-order valence-electron chi connectivity index (χ0n) is 12.3. The fourth-order valence-corrected chi connectivity index (χ4v) is 3.44. The molecule has 2 aliphatic rings. The second-order valence-corrected chi connectivity index (χ2v) is 6.24. The van der Waals surface area contributed by atoms with Crippen molar-refractivity contribution in [2.75, 3.05) is 6.54 Å². The Balaban J connectivity index is 1.75. The van der Waals surface area contributed by atoms with Crippen LogP contribution in [0.5, 0.6) is 0 Å². The maximum atomic E-state index is 12.3. The Kier molecular flexibility index (Phi) is 3.66. The number of aromatic nitrogens is 1.